The second kappa shape index (κ2) is 8.84. The Labute approximate surface area is 193 Å². The van der Waals surface area contributed by atoms with E-state index in [1.807, 2.05) is 48.5 Å². The summed E-state index contributed by atoms with van der Waals surface area (Å²) in [5, 5.41) is 12.7. The second-order valence-electron chi connectivity index (χ2n) is 7.14. The lowest BCUT2D eigenvalue weighted by atomic mass is 10.2. The lowest BCUT2D eigenvalue weighted by molar-refractivity contribution is 0.415. The molecule has 3 aromatic carbocycles. The van der Waals surface area contributed by atoms with Gasteiger partial charge in [-0.1, -0.05) is 29.8 Å². The molecular weight excluding hydrogens is 445 g/mol. The number of hydrogen-bond acceptors (Lipinski definition) is 7. The summed E-state index contributed by atoms with van der Waals surface area (Å²) < 4.78 is 24.4. The van der Waals surface area contributed by atoms with Crippen molar-refractivity contribution in [3.63, 3.8) is 0 Å². The quantitative estimate of drug-likeness (QED) is 0.344. The molecule has 9 heteroatoms. The van der Waals surface area contributed by atoms with Gasteiger partial charge in [-0.25, -0.2) is 14.4 Å². The summed E-state index contributed by atoms with van der Waals surface area (Å²) in [5.41, 5.74) is 2.20. The third-order valence-corrected chi connectivity index (χ3v) is 5.37. The molecule has 2 heterocycles. The molecule has 0 aliphatic rings. The Balaban J connectivity index is 1.48. The third kappa shape index (κ3) is 4.33. The monoisotopic (exact) mass is 461 g/mol. The standard InChI is InChI=1S/C24H17ClFN5O2/c1-32-17-10-7-14(8-11-17)23-30-31-24(33-23)22-28-20-5-3-2-4-18(20)21(29-22)27-13-15-6-9-16(26)12-19(15)25/h2-12H,13H2,1H3,(H,27,28,29). The van der Waals surface area contributed by atoms with Crippen molar-refractivity contribution in [3.8, 4) is 28.9 Å². The van der Waals surface area contributed by atoms with Crippen LogP contribution < -0.4 is 10.1 Å². The molecule has 0 aliphatic heterocycles. The molecule has 0 amide bonds. The van der Waals surface area contributed by atoms with Gasteiger partial charge in [-0.2, -0.15) is 0 Å². The van der Waals surface area contributed by atoms with E-state index in [4.69, 9.17) is 20.8 Å². The number of nitrogens with zero attached hydrogens (tertiary/aromatic N) is 4. The van der Waals surface area contributed by atoms with E-state index in [0.717, 1.165) is 22.3 Å². The fourth-order valence-electron chi connectivity index (χ4n) is 3.31. The summed E-state index contributed by atoms with van der Waals surface area (Å²) in [4.78, 5) is 9.19. The molecule has 0 bridgehead atoms. The van der Waals surface area contributed by atoms with Crippen molar-refractivity contribution in [2.75, 3.05) is 12.4 Å². The Kier molecular flexibility index (Phi) is 5.58. The van der Waals surface area contributed by atoms with E-state index < -0.39 is 0 Å². The van der Waals surface area contributed by atoms with Gasteiger partial charge >= 0.3 is 0 Å². The van der Waals surface area contributed by atoms with Crippen LogP contribution in [-0.4, -0.2) is 27.3 Å². The lowest BCUT2D eigenvalue weighted by Gasteiger charge is -2.11. The van der Waals surface area contributed by atoms with E-state index in [1.54, 1.807) is 13.2 Å². The molecule has 0 unspecified atom stereocenters. The van der Waals surface area contributed by atoms with Crippen molar-refractivity contribution in [2.45, 2.75) is 6.54 Å². The molecule has 7 nitrogen and oxygen atoms in total. The zero-order valence-corrected chi connectivity index (χ0v) is 18.2. The molecular formula is C24H17ClFN5O2. The third-order valence-electron chi connectivity index (χ3n) is 5.02. The average Bonchev–Trinajstić information content (AvgIpc) is 3.34. The molecule has 0 atom stereocenters. The van der Waals surface area contributed by atoms with E-state index >= 15 is 0 Å². The summed E-state index contributed by atoms with van der Waals surface area (Å²) in [6, 6.07) is 19.1. The van der Waals surface area contributed by atoms with E-state index in [-0.39, 0.29) is 17.5 Å². The van der Waals surface area contributed by atoms with E-state index in [9.17, 15) is 4.39 Å². The van der Waals surface area contributed by atoms with Crippen LogP contribution in [0.2, 0.25) is 5.02 Å². The van der Waals surface area contributed by atoms with Gasteiger partial charge in [0.1, 0.15) is 17.4 Å². The maximum atomic E-state index is 13.4. The van der Waals surface area contributed by atoms with Gasteiger partial charge in [0.25, 0.3) is 5.89 Å². The molecule has 0 saturated carbocycles. The van der Waals surface area contributed by atoms with Crippen LogP contribution in [0.5, 0.6) is 5.75 Å². The van der Waals surface area contributed by atoms with Gasteiger partial charge in [-0.05, 0) is 54.1 Å². The lowest BCUT2D eigenvalue weighted by Crippen LogP contribution is -2.05. The predicted octanol–water partition coefficient (Wildman–Crippen LogP) is 5.76. The highest BCUT2D eigenvalue weighted by molar-refractivity contribution is 6.31. The first-order valence-electron chi connectivity index (χ1n) is 10.0. The van der Waals surface area contributed by atoms with Crippen molar-refractivity contribution in [1.29, 1.82) is 0 Å². The zero-order chi connectivity index (χ0) is 22.8. The molecule has 1 N–H and O–H groups in total. The van der Waals surface area contributed by atoms with Crippen LogP contribution in [0, 0.1) is 5.82 Å². The van der Waals surface area contributed by atoms with Crippen LogP contribution >= 0.6 is 11.6 Å². The van der Waals surface area contributed by atoms with Gasteiger partial charge in [0.15, 0.2) is 0 Å². The van der Waals surface area contributed by atoms with Gasteiger partial charge in [-0.15, -0.1) is 10.2 Å². The Hall–Kier alpha value is -4.04. The highest BCUT2D eigenvalue weighted by atomic mass is 35.5. The largest absolute Gasteiger partial charge is 0.497 e. The molecule has 33 heavy (non-hydrogen) atoms. The Morgan fingerprint density at radius 3 is 2.55 bits per heavy atom. The highest BCUT2D eigenvalue weighted by Crippen LogP contribution is 2.28. The van der Waals surface area contributed by atoms with Crippen LogP contribution in [0.4, 0.5) is 10.2 Å². The summed E-state index contributed by atoms with van der Waals surface area (Å²) in [5.74, 6) is 1.73. The van der Waals surface area contributed by atoms with E-state index in [2.05, 4.69) is 25.5 Å². The number of halogens is 2. The van der Waals surface area contributed by atoms with Crippen LogP contribution in [0.3, 0.4) is 0 Å². The van der Waals surface area contributed by atoms with Gasteiger partial charge in [-0.3, -0.25) is 0 Å². The normalized spacial score (nSPS) is 11.0. The number of rotatable bonds is 6. The zero-order valence-electron chi connectivity index (χ0n) is 17.4. The summed E-state index contributed by atoms with van der Waals surface area (Å²) >= 11 is 6.17. The number of para-hydroxylation sites is 1. The van der Waals surface area contributed by atoms with E-state index in [1.165, 1.54) is 12.1 Å². The first-order chi connectivity index (χ1) is 16.1. The predicted molar refractivity (Wildman–Crippen MR) is 124 cm³/mol. The SMILES string of the molecule is COc1ccc(-c2nnc(-c3nc(NCc4ccc(F)cc4Cl)c4ccccc4n3)o2)cc1. The van der Waals surface area contributed by atoms with Gasteiger partial charge < -0.3 is 14.5 Å². The van der Waals surface area contributed by atoms with E-state index in [0.29, 0.717) is 28.8 Å². The number of methoxy groups -OCH3 is 1. The van der Waals surface area contributed by atoms with Crippen LogP contribution in [0.25, 0.3) is 34.1 Å². The minimum atomic E-state index is -0.386. The van der Waals surface area contributed by atoms with Crippen LogP contribution in [0.1, 0.15) is 5.56 Å². The van der Waals surface area contributed by atoms with Crippen molar-refractivity contribution in [2.24, 2.45) is 0 Å². The second-order valence-corrected chi connectivity index (χ2v) is 7.55. The number of benzene rings is 3. The number of fused-ring (bicyclic) bond motifs is 1. The van der Waals surface area contributed by atoms with Crippen molar-refractivity contribution >= 4 is 28.3 Å². The molecule has 164 valence electrons. The van der Waals surface area contributed by atoms with Gasteiger partial charge in [0.2, 0.25) is 11.7 Å². The number of ether oxygens (including phenoxy) is 1. The topological polar surface area (TPSA) is 86.0 Å². The molecule has 2 aromatic heterocycles. The number of anilines is 1. The van der Waals surface area contributed by atoms with Gasteiger partial charge in [0.05, 0.1) is 12.6 Å². The van der Waals surface area contributed by atoms with Crippen molar-refractivity contribution in [1.82, 2.24) is 20.2 Å². The smallest absolute Gasteiger partial charge is 0.286 e. The summed E-state index contributed by atoms with van der Waals surface area (Å²) in [6.07, 6.45) is 0. The minimum Gasteiger partial charge on any atom is -0.497 e. The molecule has 5 aromatic rings. The summed E-state index contributed by atoms with van der Waals surface area (Å²) in [7, 11) is 1.60. The minimum absolute atomic E-state index is 0.189. The molecule has 5 rings (SSSR count). The maximum Gasteiger partial charge on any atom is 0.286 e. The van der Waals surface area contributed by atoms with Crippen molar-refractivity contribution in [3.05, 3.63) is 83.1 Å². The molecule has 0 spiro atoms. The van der Waals surface area contributed by atoms with Crippen LogP contribution in [0.15, 0.2) is 71.1 Å². The molecule has 0 radical (unpaired) electrons. The van der Waals surface area contributed by atoms with Crippen molar-refractivity contribution < 1.29 is 13.5 Å². The number of nitrogens with one attached hydrogen (secondary N) is 1. The summed E-state index contributed by atoms with van der Waals surface area (Å²) in [6.45, 7) is 0.348. The highest BCUT2D eigenvalue weighted by Gasteiger charge is 2.16. The Morgan fingerprint density at radius 2 is 1.76 bits per heavy atom. The Bertz CT molecular complexity index is 1440. The average molecular weight is 462 g/mol. The fraction of sp³-hybridized carbons (Fsp3) is 0.0833. The number of aromatic nitrogens is 4. The first-order valence-corrected chi connectivity index (χ1v) is 10.4. The first kappa shape index (κ1) is 20.8. The fourth-order valence-corrected chi connectivity index (χ4v) is 3.55. The van der Waals surface area contributed by atoms with Gasteiger partial charge in [0, 0.05) is 22.5 Å². The van der Waals surface area contributed by atoms with Crippen LogP contribution in [-0.2, 0) is 6.54 Å². The molecule has 0 saturated heterocycles. The Morgan fingerprint density at radius 1 is 0.970 bits per heavy atom. The maximum absolute atomic E-state index is 13.4. The number of hydrogen-bond donors (Lipinski definition) is 1. The molecule has 0 aliphatic carbocycles. The molecule has 0 fully saturated rings.